The number of thiophene rings is 1. The van der Waals surface area contributed by atoms with Gasteiger partial charge in [0.1, 0.15) is 0 Å². The van der Waals surface area contributed by atoms with Crippen LogP contribution in [0.3, 0.4) is 0 Å². The Morgan fingerprint density at radius 1 is 1.05 bits per heavy atom. The van der Waals surface area contributed by atoms with E-state index in [-0.39, 0.29) is 5.41 Å². The summed E-state index contributed by atoms with van der Waals surface area (Å²) in [4.78, 5) is 2.89. The molecule has 20 heavy (non-hydrogen) atoms. The van der Waals surface area contributed by atoms with Gasteiger partial charge >= 0.3 is 0 Å². The molecule has 1 aromatic heterocycles. The summed E-state index contributed by atoms with van der Waals surface area (Å²) >= 11 is 1.93. The van der Waals surface area contributed by atoms with Crippen LogP contribution in [0, 0.1) is 0 Å². The van der Waals surface area contributed by atoms with Crippen LogP contribution < -0.4 is 5.32 Å². The molecule has 108 valence electrons. The summed E-state index contributed by atoms with van der Waals surface area (Å²) in [6.45, 7) is 10.0. The van der Waals surface area contributed by atoms with Gasteiger partial charge in [0.2, 0.25) is 0 Å². The van der Waals surface area contributed by atoms with Crippen LogP contribution in [0.15, 0.2) is 42.5 Å². The fraction of sp³-hybridized carbons (Fsp3) is 0.444. The molecule has 1 atom stereocenters. The Morgan fingerprint density at radius 2 is 1.75 bits per heavy atom. The van der Waals surface area contributed by atoms with Crippen LogP contribution in [0.1, 0.15) is 43.0 Å². The maximum absolute atomic E-state index is 3.62. The van der Waals surface area contributed by atoms with Gasteiger partial charge in [-0.2, -0.15) is 0 Å². The first-order chi connectivity index (χ1) is 9.45. The lowest BCUT2D eigenvalue weighted by atomic mass is 9.95. The summed E-state index contributed by atoms with van der Waals surface area (Å²) < 4.78 is 0. The molecular formula is C18H25NS. The SMILES string of the molecule is CC(Cc1ccccc1)NCc1ccc(C(C)(C)C)s1. The van der Waals surface area contributed by atoms with Crippen molar-refractivity contribution in [3.05, 3.63) is 57.8 Å². The molecule has 0 amide bonds. The van der Waals surface area contributed by atoms with Crippen LogP contribution in [0.2, 0.25) is 0 Å². The molecule has 1 aromatic carbocycles. The van der Waals surface area contributed by atoms with Gasteiger partial charge in [-0.25, -0.2) is 0 Å². The lowest BCUT2D eigenvalue weighted by Gasteiger charge is -2.16. The summed E-state index contributed by atoms with van der Waals surface area (Å²) in [5.74, 6) is 0. The minimum atomic E-state index is 0.262. The second kappa shape index (κ2) is 6.55. The van der Waals surface area contributed by atoms with E-state index in [1.807, 2.05) is 11.3 Å². The van der Waals surface area contributed by atoms with Gasteiger partial charge in [-0.3, -0.25) is 0 Å². The highest BCUT2D eigenvalue weighted by atomic mass is 32.1. The quantitative estimate of drug-likeness (QED) is 0.835. The lowest BCUT2D eigenvalue weighted by Crippen LogP contribution is -2.27. The van der Waals surface area contributed by atoms with Crippen LogP contribution in [0.5, 0.6) is 0 Å². The third kappa shape index (κ3) is 4.46. The van der Waals surface area contributed by atoms with Crippen molar-refractivity contribution in [2.75, 3.05) is 0 Å². The van der Waals surface area contributed by atoms with Crippen LogP contribution in [-0.4, -0.2) is 6.04 Å². The molecule has 2 aromatic rings. The van der Waals surface area contributed by atoms with Gasteiger partial charge in [-0.15, -0.1) is 11.3 Å². The normalized spacial score (nSPS) is 13.4. The van der Waals surface area contributed by atoms with Gasteiger partial charge in [-0.1, -0.05) is 51.1 Å². The molecule has 2 rings (SSSR count). The molecule has 0 aliphatic rings. The fourth-order valence-electron chi connectivity index (χ4n) is 2.19. The summed E-state index contributed by atoms with van der Waals surface area (Å²) in [5, 5.41) is 3.62. The predicted octanol–water partition coefficient (Wildman–Crippen LogP) is 4.77. The van der Waals surface area contributed by atoms with E-state index >= 15 is 0 Å². The second-order valence-corrected chi connectivity index (χ2v) is 7.66. The maximum Gasteiger partial charge on any atom is 0.0302 e. The van der Waals surface area contributed by atoms with Crippen LogP contribution in [-0.2, 0) is 18.4 Å². The van der Waals surface area contributed by atoms with Crippen LogP contribution >= 0.6 is 11.3 Å². The first-order valence-electron chi connectivity index (χ1n) is 7.31. The summed E-state index contributed by atoms with van der Waals surface area (Å²) in [6, 6.07) is 15.7. The summed E-state index contributed by atoms with van der Waals surface area (Å²) in [7, 11) is 0. The van der Waals surface area contributed by atoms with Crippen molar-refractivity contribution in [3.8, 4) is 0 Å². The topological polar surface area (TPSA) is 12.0 Å². The number of hydrogen-bond donors (Lipinski definition) is 1. The van der Waals surface area contributed by atoms with Gasteiger partial charge < -0.3 is 5.32 Å². The average molecular weight is 287 g/mol. The van der Waals surface area contributed by atoms with Gasteiger partial charge in [0.15, 0.2) is 0 Å². The highest BCUT2D eigenvalue weighted by Crippen LogP contribution is 2.29. The molecule has 1 unspecified atom stereocenters. The van der Waals surface area contributed by atoms with E-state index in [0.29, 0.717) is 6.04 Å². The molecule has 1 N–H and O–H groups in total. The first-order valence-corrected chi connectivity index (χ1v) is 8.13. The van der Waals surface area contributed by atoms with E-state index in [1.165, 1.54) is 15.3 Å². The Kier molecular flexibility index (Phi) is 5.00. The number of nitrogens with one attached hydrogen (secondary N) is 1. The molecule has 2 heteroatoms. The number of benzene rings is 1. The van der Waals surface area contributed by atoms with Crippen molar-refractivity contribution in [2.45, 2.75) is 52.1 Å². The van der Waals surface area contributed by atoms with Crippen molar-refractivity contribution >= 4 is 11.3 Å². The van der Waals surface area contributed by atoms with Gasteiger partial charge in [0, 0.05) is 22.3 Å². The molecular weight excluding hydrogens is 262 g/mol. The zero-order chi connectivity index (χ0) is 14.6. The molecule has 0 saturated carbocycles. The lowest BCUT2D eigenvalue weighted by molar-refractivity contribution is 0.549. The van der Waals surface area contributed by atoms with Crippen molar-refractivity contribution < 1.29 is 0 Å². The first kappa shape index (κ1) is 15.3. The maximum atomic E-state index is 3.62. The smallest absolute Gasteiger partial charge is 0.0302 e. The van der Waals surface area contributed by atoms with Gasteiger partial charge in [0.05, 0.1) is 0 Å². The molecule has 0 saturated heterocycles. The van der Waals surface area contributed by atoms with Crippen molar-refractivity contribution in [2.24, 2.45) is 0 Å². The van der Waals surface area contributed by atoms with E-state index in [2.05, 4.69) is 75.5 Å². The Hall–Kier alpha value is -1.12. The number of hydrogen-bond acceptors (Lipinski definition) is 2. The predicted molar refractivity (Wildman–Crippen MR) is 89.5 cm³/mol. The second-order valence-electron chi connectivity index (χ2n) is 6.49. The summed E-state index contributed by atoms with van der Waals surface area (Å²) in [6.07, 6.45) is 1.08. The van der Waals surface area contributed by atoms with E-state index < -0.39 is 0 Å². The van der Waals surface area contributed by atoms with Gasteiger partial charge in [0.25, 0.3) is 0 Å². The largest absolute Gasteiger partial charge is 0.309 e. The molecule has 0 bridgehead atoms. The Labute approximate surface area is 127 Å². The highest BCUT2D eigenvalue weighted by molar-refractivity contribution is 7.12. The standard InChI is InChI=1S/C18H25NS/c1-14(12-15-8-6-5-7-9-15)19-13-16-10-11-17(20-16)18(2,3)4/h5-11,14,19H,12-13H2,1-4H3. The van der Waals surface area contributed by atoms with Crippen LogP contribution in [0.4, 0.5) is 0 Å². The minimum absolute atomic E-state index is 0.262. The monoisotopic (exact) mass is 287 g/mol. The molecule has 0 aliphatic carbocycles. The van der Waals surface area contributed by atoms with E-state index in [1.54, 1.807) is 0 Å². The minimum Gasteiger partial charge on any atom is -0.309 e. The summed E-state index contributed by atoms with van der Waals surface area (Å²) in [5.41, 5.74) is 1.66. The molecule has 0 fully saturated rings. The molecule has 1 nitrogen and oxygen atoms in total. The third-order valence-electron chi connectivity index (χ3n) is 3.41. The fourth-order valence-corrected chi connectivity index (χ4v) is 3.21. The molecule has 0 spiro atoms. The molecule has 0 aliphatic heterocycles. The van der Waals surface area contributed by atoms with Crippen molar-refractivity contribution in [3.63, 3.8) is 0 Å². The van der Waals surface area contributed by atoms with Gasteiger partial charge in [-0.05, 0) is 36.5 Å². The zero-order valence-electron chi connectivity index (χ0n) is 12.9. The van der Waals surface area contributed by atoms with E-state index in [0.717, 1.165) is 13.0 Å². The average Bonchev–Trinajstić information content (AvgIpc) is 2.86. The van der Waals surface area contributed by atoms with E-state index in [4.69, 9.17) is 0 Å². The Bertz CT molecular complexity index is 522. The number of rotatable bonds is 5. The molecule has 0 radical (unpaired) electrons. The van der Waals surface area contributed by atoms with Crippen LogP contribution in [0.25, 0.3) is 0 Å². The molecule has 1 heterocycles. The van der Waals surface area contributed by atoms with Crippen molar-refractivity contribution in [1.82, 2.24) is 5.32 Å². The Balaban J connectivity index is 1.84. The van der Waals surface area contributed by atoms with Crippen molar-refractivity contribution in [1.29, 1.82) is 0 Å². The Morgan fingerprint density at radius 3 is 2.35 bits per heavy atom. The zero-order valence-corrected chi connectivity index (χ0v) is 13.8. The van der Waals surface area contributed by atoms with E-state index in [9.17, 15) is 0 Å². The highest BCUT2D eigenvalue weighted by Gasteiger charge is 2.16. The third-order valence-corrected chi connectivity index (χ3v) is 4.92.